The van der Waals surface area contributed by atoms with Crippen LogP contribution in [0.25, 0.3) is 20.7 Å². The predicted octanol–water partition coefficient (Wildman–Crippen LogP) is 5.34. The van der Waals surface area contributed by atoms with E-state index in [4.69, 9.17) is 4.98 Å². The maximum Gasteiger partial charge on any atom is 0.263 e. The summed E-state index contributed by atoms with van der Waals surface area (Å²) in [7, 11) is 1.72. The SMILES string of the molecule is C[C@H](CCc1ccccc1)NC(=O)[C@H](C)Sc1nc2scc(-c3cccs3)c2c(=O)n1C. The molecule has 4 aromatic rings. The van der Waals surface area contributed by atoms with Gasteiger partial charge in [0.05, 0.1) is 10.6 Å². The second kappa shape index (κ2) is 10.0. The van der Waals surface area contributed by atoms with E-state index in [0.29, 0.717) is 15.4 Å². The molecule has 8 heteroatoms. The lowest BCUT2D eigenvalue weighted by molar-refractivity contribution is -0.120. The van der Waals surface area contributed by atoms with Gasteiger partial charge in [-0.1, -0.05) is 48.2 Å². The van der Waals surface area contributed by atoms with Gasteiger partial charge in [-0.2, -0.15) is 0 Å². The lowest BCUT2D eigenvalue weighted by Crippen LogP contribution is -2.38. The molecule has 0 fully saturated rings. The molecule has 2 atom stereocenters. The first kappa shape index (κ1) is 22.8. The van der Waals surface area contributed by atoms with Crippen LogP contribution in [0.5, 0.6) is 0 Å². The molecule has 0 radical (unpaired) electrons. The first-order valence-corrected chi connectivity index (χ1v) is 13.1. The van der Waals surface area contributed by atoms with Crippen LogP contribution in [-0.2, 0) is 18.3 Å². The molecule has 0 saturated carbocycles. The molecule has 0 aliphatic rings. The van der Waals surface area contributed by atoms with Crippen LogP contribution in [0.2, 0.25) is 0 Å². The van der Waals surface area contributed by atoms with Crippen molar-refractivity contribution in [2.45, 2.75) is 43.1 Å². The number of hydrogen-bond acceptors (Lipinski definition) is 6. The van der Waals surface area contributed by atoms with Gasteiger partial charge in [-0.3, -0.25) is 14.2 Å². The maximum absolute atomic E-state index is 13.1. The van der Waals surface area contributed by atoms with Gasteiger partial charge in [0.25, 0.3) is 5.56 Å². The molecule has 3 aromatic heterocycles. The Morgan fingerprint density at radius 1 is 1.16 bits per heavy atom. The molecule has 0 saturated heterocycles. The van der Waals surface area contributed by atoms with Crippen molar-refractivity contribution in [2.24, 2.45) is 7.05 Å². The third-order valence-corrected chi connectivity index (χ3v) is 8.23. The number of aryl methyl sites for hydroxylation is 1. The highest BCUT2D eigenvalue weighted by Gasteiger charge is 2.21. The summed E-state index contributed by atoms with van der Waals surface area (Å²) in [6.07, 6.45) is 1.79. The minimum atomic E-state index is -0.360. The number of thiophene rings is 2. The first-order chi connectivity index (χ1) is 15.4. The number of benzene rings is 1. The third-order valence-electron chi connectivity index (χ3n) is 5.31. The molecule has 4 rings (SSSR count). The Hall–Kier alpha value is -2.42. The van der Waals surface area contributed by atoms with Crippen LogP contribution >= 0.6 is 34.4 Å². The number of amides is 1. The van der Waals surface area contributed by atoms with Crippen LogP contribution in [0.1, 0.15) is 25.8 Å². The van der Waals surface area contributed by atoms with Crippen LogP contribution in [-0.4, -0.2) is 26.8 Å². The number of rotatable bonds is 8. The number of fused-ring (bicyclic) bond motifs is 1. The highest BCUT2D eigenvalue weighted by atomic mass is 32.2. The molecule has 0 aliphatic carbocycles. The normalized spacial score (nSPS) is 13.2. The summed E-state index contributed by atoms with van der Waals surface area (Å²) < 4.78 is 1.55. The fraction of sp³-hybridized carbons (Fsp3) is 0.292. The van der Waals surface area contributed by atoms with E-state index >= 15 is 0 Å². The molecule has 0 unspecified atom stereocenters. The van der Waals surface area contributed by atoms with Crippen molar-refractivity contribution in [2.75, 3.05) is 0 Å². The highest BCUT2D eigenvalue weighted by Crippen LogP contribution is 2.34. The lowest BCUT2D eigenvalue weighted by atomic mass is 10.1. The average molecular weight is 484 g/mol. The third kappa shape index (κ3) is 4.98. The van der Waals surface area contributed by atoms with Crippen molar-refractivity contribution in [3.05, 3.63) is 69.1 Å². The van der Waals surface area contributed by atoms with Gasteiger partial charge in [0.2, 0.25) is 5.91 Å². The van der Waals surface area contributed by atoms with Gasteiger partial charge in [0.15, 0.2) is 5.16 Å². The highest BCUT2D eigenvalue weighted by molar-refractivity contribution is 8.00. The number of hydrogen-bond donors (Lipinski definition) is 1. The summed E-state index contributed by atoms with van der Waals surface area (Å²) in [6.45, 7) is 3.88. The zero-order valence-corrected chi connectivity index (χ0v) is 20.7. The van der Waals surface area contributed by atoms with Crippen LogP contribution in [0.3, 0.4) is 0 Å². The van der Waals surface area contributed by atoms with Crippen molar-refractivity contribution in [3.63, 3.8) is 0 Å². The minimum absolute atomic E-state index is 0.0460. The standard InChI is InChI=1S/C24H25N3O2S3/c1-15(11-12-17-8-5-4-6-9-17)25-21(28)16(2)32-24-26-22-20(23(29)27(24)3)18(14-31-22)19-10-7-13-30-19/h4-10,13-16H,11-12H2,1-3H3,(H,25,28)/t15-,16+/m1/s1. The molecular weight excluding hydrogens is 458 g/mol. The Bertz CT molecular complexity index is 1260. The van der Waals surface area contributed by atoms with E-state index in [1.807, 2.05) is 54.9 Å². The van der Waals surface area contributed by atoms with Crippen LogP contribution < -0.4 is 10.9 Å². The Kier molecular flexibility index (Phi) is 7.13. The summed E-state index contributed by atoms with van der Waals surface area (Å²) in [5, 5.41) is 7.93. The molecular formula is C24H25N3O2S3. The summed E-state index contributed by atoms with van der Waals surface area (Å²) in [5.74, 6) is -0.0460. The zero-order chi connectivity index (χ0) is 22.7. The van der Waals surface area contributed by atoms with Crippen molar-refractivity contribution in [1.29, 1.82) is 0 Å². The average Bonchev–Trinajstić information content (AvgIpc) is 3.46. The van der Waals surface area contributed by atoms with Gasteiger partial charge in [-0.15, -0.1) is 22.7 Å². The summed E-state index contributed by atoms with van der Waals surface area (Å²) in [6, 6.07) is 14.3. The zero-order valence-electron chi connectivity index (χ0n) is 18.2. The number of carbonyl (C=O) groups is 1. The summed E-state index contributed by atoms with van der Waals surface area (Å²) in [4.78, 5) is 32.3. The topological polar surface area (TPSA) is 64.0 Å². The Morgan fingerprint density at radius 2 is 1.94 bits per heavy atom. The molecule has 1 N–H and O–H groups in total. The Labute approximate surface area is 199 Å². The maximum atomic E-state index is 13.1. The number of nitrogens with one attached hydrogen (secondary N) is 1. The number of carbonyl (C=O) groups excluding carboxylic acids is 1. The molecule has 32 heavy (non-hydrogen) atoms. The lowest BCUT2D eigenvalue weighted by Gasteiger charge is -2.18. The van der Waals surface area contributed by atoms with Crippen LogP contribution in [0.15, 0.2) is 63.2 Å². The Balaban J connectivity index is 1.44. The van der Waals surface area contributed by atoms with Gasteiger partial charge < -0.3 is 5.32 Å². The monoisotopic (exact) mass is 483 g/mol. The van der Waals surface area contributed by atoms with Gasteiger partial charge >= 0.3 is 0 Å². The largest absolute Gasteiger partial charge is 0.353 e. The van der Waals surface area contributed by atoms with Crippen LogP contribution in [0.4, 0.5) is 0 Å². The van der Waals surface area contributed by atoms with E-state index in [9.17, 15) is 9.59 Å². The molecule has 1 amide bonds. The number of thioether (sulfide) groups is 1. The summed E-state index contributed by atoms with van der Waals surface area (Å²) >= 11 is 4.40. The fourth-order valence-corrected chi connectivity index (χ4v) is 6.13. The smallest absolute Gasteiger partial charge is 0.263 e. The summed E-state index contributed by atoms with van der Waals surface area (Å²) in [5.41, 5.74) is 2.12. The van der Waals surface area contributed by atoms with E-state index < -0.39 is 0 Å². The molecule has 0 aliphatic heterocycles. The minimum Gasteiger partial charge on any atom is -0.353 e. The van der Waals surface area contributed by atoms with Gasteiger partial charge in [0, 0.05) is 28.9 Å². The van der Waals surface area contributed by atoms with E-state index in [-0.39, 0.29) is 22.8 Å². The van der Waals surface area contributed by atoms with Gasteiger partial charge in [-0.05, 0) is 43.7 Å². The molecule has 0 bridgehead atoms. The van der Waals surface area contributed by atoms with Gasteiger partial charge in [0.1, 0.15) is 4.83 Å². The molecule has 3 heterocycles. The van der Waals surface area contributed by atoms with Gasteiger partial charge in [-0.25, -0.2) is 4.98 Å². The van der Waals surface area contributed by atoms with E-state index in [2.05, 4.69) is 17.4 Å². The number of nitrogens with zero attached hydrogens (tertiary/aromatic N) is 2. The van der Waals surface area contributed by atoms with E-state index in [1.54, 1.807) is 23.0 Å². The van der Waals surface area contributed by atoms with Crippen LogP contribution in [0, 0.1) is 0 Å². The predicted molar refractivity (Wildman–Crippen MR) is 136 cm³/mol. The fourth-order valence-electron chi connectivity index (χ4n) is 3.44. The molecule has 166 valence electrons. The first-order valence-electron chi connectivity index (χ1n) is 10.5. The molecule has 5 nitrogen and oxygen atoms in total. The number of aromatic nitrogens is 2. The van der Waals surface area contributed by atoms with Crippen molar-refractivity contribution >= 4 is 50.6 Å². The van der Waals surface area contributed by atoms with Crippen molar-refractivity contribution in [1.82, 2.24) is 14.9 Å². The Morgan fingerprint density at radius 3 is 2.66 bits per heavy atom. The van der Waals surface area contributed by atoms with E-state index in [0.717, 1.165) is 23.3 Å². The quantitative estimate of drug-likeness (QED) is 0.271. The second-order valence-electron chi connectivity index (χ2n) is 7.76. The van der Waals surface area contributed by atoms with Crippen molar-refractivity contribution in [3.8, 4) is 10.4 Å². The molecule has 0 spiro atoms. The van der Waals surface area contributed by atoms with Crippen molar-refractivity contribution < 1.29 is 4.79 Å². The molecule has 1 aromatic carbocycles. The van der Waals surface area contributed by atoms with E-state index in [1.165, 1.54) is 28.7 Å². The second-order valence-corrected chi connectivity index (χ2v) is 10.9.